The van der Waals surface area contributed by atoms with Gasteiger partial charge in [0.1, 0.15) is 11.9 Å². The maximum atomic E-state index is 6.00. The predicted octanol–water partition coefficient (Wildman–Crippen LogP) is 2.72. The van der Waals surface area contributed by atoms with Gasteiger partial charge >= 0.3 is 0 Å². The topological polar surface area (TPSA) is 45.6 Å². The number of hydrogen-bond donors (Lipinski definition) is 2. The summed E-state index contributed by atoms with van der Waals surface area (Å²) in [6.07, 6.45) is 2.22. The molecule has 1 saturated heterocycles. The standard InChI is InChI=1S/C18H19N3O/c1-3-7-13(8-4-1)17-15-11-12-16(19-18(15)21-20-17)22-14-9-5-2-6-10-14/h1-10,15-16,18-19,21H,11-12H2. The quantitative estimate of drug-likeness (QED) is 0.914. The average molecular weight is 293 g/mol. The lowest BCUT2D eigenvalue weighted by Gasteiger charge is -2.33. The molecule has 0 aromatic heterocycles. The molecule has 2 aromatic carbocycles. The number of rotatable bonds is 3. The third-order valence-electron chi connectivity index (χ3n) is 4.27. The zero-order valence-electron chi connectivity index (χ0n) is 12.3. The van der Waals surface area contributed by atoms with E-state index < -0.39 is 0 Å². The molecule has 0 aliphatic carbocycles. The molecule has 0 spiro atoms. The Labute approximate surface area is 130 Å². The van der Waals surface area contributed by atoms with E-state index in [9.17, 15) is 0 Å². The third kappa shape index (κ3) is 2.57. The van der Waals surface area contributed by atoms with Crippen molar-refractivity contribution in [2.24, 2.45) is 11.0 Å². The smallest absolute Gasteiger partial charge is 0.151 e. The summed E-state index contributed by atoms with van der Waals surface area (Å²) in [6, 6.07) is 20.3. The lowest BCUT2D eigenvalue weighted by atomic mass is 9.88. The number of nitrogens with one attached hydrogen (secondary N) is 2. The van der Waals surface area contributed by atoms with E-state index in [-0.39, 0.29) is 12.4 Å². The van der Waals surface area contributed by atoms with Crippen LogP contribution in [0.4, 0.5) is 0 Å². The van der Waals surface area contributed by atoms with Crippen LogP contribution in [0.25, 0.3) is 0 Å². The number of ether oxygens (including phenoxy) is 1. The summed E-state index contributed by atoms with van der Waals surface area (Å²) in [5.74, 6) is 1.30. The second-order valence-corrected chi connectivity index (χ2v) is 5.74. The zero-order chi connectivity index (χ0) is 14.8. The van der Waals surface area contributed by atoms with Crippen molar-refractivity contribution in [3.63, 3.8) is 0 Å². The second kappa shape index (κ2) is 5.81. The molecule has 2 aliphatic rings. The molecule has 4 heteroatoms. The molecule has 0 radical (unpaired) electrons. The number of nitrogens with zero attached hydrogens (tertiary/aromatic N) is 1. The number of hydrazone groups is 1. The Kier molecular flexibility index (Phi) is 3.52. The highest BCUT2D eigenvalue weighted by Gasteiger charge is 2.38. The van der Waals surface area contributed by atoms with Crippen LogP contribution in [0.5, 0.6) is 5.75 Å². The monoisotopic (exact) mass is 293 g/mol. The summed E-state index contributed by atoms with van der Waals surface area (Å²) in [4.78, 5) is 0. The van der Waals surface area contributed by atoms with Gasteiger partial charge in [-0.3, -0.25) is 10.7 Å². The first-order valence-electron chi connectivity index (χ1n) is 7.76. The summed E-state index contributed by atoms with van der Waals surface area (Å²) < 4.78 is 6.00. The van der Waals surface area contributed by atoms with Crippen LogP contribution in [0.1, 0.15) is 18.4 Å². The number of fused-ring (bicyclic) bond motifs is 1. The molecular formula is C18H19N3O. The van der Waals surface area contributed by atoms with Crippen molar-refractivity contribution in [3.05, 3.63) is 66.2 Å². The SMILES string of the molecule is c1ccc(OC2CCC3C(c4ccccc4)=NNC3N2)cc1. The maximum absolute atomic E-state index is 6.00. The summed E-state index contributed by atoms with van der Waals surface area (Å²) in [5, 5.41) is 8.06. The van der Waals surface area contributed by atoms with E-state index in [2.05, 4.69) is 40.1 Å². The lowest BCUT2D eigenvalue weighted by Crippen LogP contribution is -2.54. The van der Waals surface area contributed by atoms with Gasteiger partial charge in [0.15, 0.2) is 6.23 Å². The molecule has 2 aliphatic heterocycles. The summed E-state index contributed by atoms with van der Waals surface area (Å²) >= 11 is 0. The molecule has 2 aromatic rings. The van der Waals surface area contributed by atoms with Gasteiger partial charge in [-0.25, -0.2) is 0 Å². The first kappa shape index (κ1) is 13.3. The van der Waals surface area contributed by atoms with Crippen molar-refractivity contribution in [1.29, 1.82) is 0 Å². The predicted molar refractivity (Wildman–Crippen MR) is 86.6 cm³/mol. The fourth-order valence-corrected chi connectivity index (χ4v) is 3.18. The van der Waals surface area contributed by atoms with Crippen molar-refractivity contribution < 1.29 is 4.74 Å². The minimum Gasteiger partial charge on any atom is -0.475 e. The molecule has 0 amide bonds. The van der Waals surface area contributed by atoms with Gasteiger partial charge in [-0.1, -0.05) is 48.5 Å². The van der Waals surface area contributed by atoms with Crippen molar-refractivity contribution in [3.8, 4) is 5.75 Å². The van der Waals surface area contributed by atoms with E-state index in [1.54, 1.807) is 0 Å². The summed E-state index contributed by atoms with van der Waals surface area (Å²) in [7, 11) is 0. The molecule has 2 heterocycles. The Balaban J connectivity index is 1.43. The van der Waals surface area contributed by atoms with Gasteiger partial charge in [-0.15, -0.1) is 0 Å². The van der Waals surface area contributed by atoms with Gasteiger partial charge in [0.25, 0.3) is 0 Å². The Morgan fingerprint density at radius 2 is 1.64 bits per heavy atom. The third-order valence-corrected chi connectivity index (χ3v) is 4.27. The summed E-state index contributed by atoms with van der Waals surface area (Å²) in [5.41, 5.74) is 5.57. The van der Waals surface area contributed by atoms with Gasteiger partial charge in [0.2, 0.25) is 0 Å². The Bertz CT molecular complexity index is 657. The Morgan fingerprint density at radius 3 is 2.41 bits per heavy atom. The van der Waals surface area contributed by atoms with E-state index in [4.69, 9.17) is 4.74 Å². The number of para-hydroxylation sites is 1. The molecule has 0 saturated carbocycles. The van der Waals surface area contributed by atoms with E-state index in [1.165, 1.54) is 5.56 Å². The van der Waals surface area contributed by atoms with Crippen LogP contribution in [0.2, 0.25) is 0 Å². The molecule has 0 bridgehead atoms. The number of piperidine rings is 1. The first-order chi connectivity index (χ1) is 10.9. The maximum Gasteiger partial charge on any atom is 0.151 e. The number of hydrogen-bond acceptors (Lipinski definition) is 4. The van der Waals surface area contributed by atoms with E-state index in [1.807, 2.05) is 36.4 Å². The van der Waals surface area contributed by atoms with Crippen LogP contribution in [0.3, 0.4) is 0 Å². The van der Waals surface area contributed by atoms with Gasteiger partial charge in [0, 0.05) is 5.92 Å². The Hall–Kier alpha value is -2.33. The minimum absolute atomic E-state index is 0.0291. The molecule has 4 nitrogen and oxygen atoms in total. The summed E-state index contributed by atoms with van der Waals surface area (Å²) in [6.45, 7) is 0. The van der Waals surface area contributed by atoms with Gasteiger partial charge in [-0.05, 0) is 30.5 Å². The lowest BCUT2D eigenvalue weighted by molar-refractivity contribution is 0.0908. The van der Waals surface area contributed by atoms with Gasteiger partial charge in [-0.2, -0.15) is 5.10 Å². The zero-order valence-corrected chi connectivity index (χ0v) is 12.3. The highest BCUT2D eigenvalue weighted by molar-refractivity contribution is 6.03. The van der Waals surface area contributed by atoms with Crippen LogP contribution < -0.4 is 15.5 Å². The number of benzene rings is 2. The highest BCUT2D eigenvalue weighted by atomic mass is 16.5. The molecule has 3 atom stereocenters. The molecule has 2 N–H and O–H groups in total. The van der Waals surface area contributed by atoms with Crippen molar-refractivity contribution in [1.82, 2.24) is 10.7 Å². The molecule has 4 rings (SSSR count). The van der Waals surface area contributed by atoms with Crippen LogP contribution in [0.15, 0.2) is 65.8 Å². The Morgan fingerprint density at radius 1 is 0.909 bits per heavy atom. The fraction of sp³-hybridized carbons (Fsp3) is 0.278. The highest BCUT2D eigenvalue weighted by Crippen LogP contribution is 2.28. The van der Waals surface area contributed by atoms with Crippen LogP contribution in [-0.4, -0.2) is 18.1 Å². The molecular weight excluding hydrogens is 274 g/mol. The molecule has 112 valence electrons. The first-order valence-corrected chi connectivity index (χ1v) is 7.76. The molecule has 3 unspecified atom stereocenters. The van der Waals surface area contributed by atoms with Crippen molar-refractivity contribution >= 4 is 5.71 Å². The van der Waals surface area contributed by atoms with Crippen molar-refractivity contribution in [2.45, 2.75) is 25.2 Å². The van der Waals surface area contributed by atoms with Gasteiger partial charge in [0.05, 0.1) is 5.71 Å². The van der Waals surface area contributed by atoms with Crippen LogP contribution in [-0.2, 0) is 0 Å². The largest absolute Gasteiger partial charge is 0.475 e. The van der Waals surface area contributed by atoms with Crippen molar-refractivity contribution in [2.75, 3.05) is 0 Å². The van der Waals surface area contributed by atoms with E-state index >= 15 is 0 Å². The van der Waals surface area contributed by atoms with Crippen LogP contribution in [0, 0.1) is 5.92 Å². The average Bonchev–Trinajstić information content (AvgIpc) is 3.00. The second-order valence-electron chi connectivity index (χ2n) is 5.74. The van der Waals surface area contributed by atoms with Gasteiger partial charge < -0.3 is 4.74 Å². The van der Waals surface area contributed by atoms with E-state index in [0.717, 1.165) is 24.3 Å². The molecule has 22 heavy (non-hydrogen) atoms. The van der Waals surface area contributed by atoms with E-state index in [0.29, 0.717) is 5.92 Å². The fourth-order valence-electron chi connectivity index (χ4n) is 3.18. The van der Waals surface area contributed by atoms with Crippen LogP contribution >= 0.6 is 0 Å². The minimum atomic E-state index is 0.0291. The normalized spacial score (nSPS) is 26.7. The molecule has 1 fully saturated rings.